The van der Waals surface area contributed by atoms with E-state index in [0.29, 0.717) is 49.0 Å². The quantitative estimate of drug-likeness (QED) is 0.153. The van der Waals surface area contributed by atoms with E-state index in [-0.39, 0.29) is 16.9 Å². The molecular weight excluding hydrogens is 587 g/mol. The van der Waals surface area contributed by atoms with Crippen LogP contribution in [-0.4, -0.2) is 39.1 Å². The van der Waals surface area contributed by atoms with Gasteiger partial charge in [0, 0.05) is 24.8 Å². The minimum Gasteiger partial charge on any atom is -0.444 e. The topological polar surface area (TPSA) is 168 Å². The van der Waals surface area contributed by atoms with Gasteiger partial charge in [-0.1, -0.05) is 36.4 Å². The van der Waals surface area contributed by atoms with Gasteiger partial charge in [-0.05, 0) is 69.9 Å². The molecule has 0 saturated heterocycles. The predicted octanol–water partition coefficient (Wildman–Crippen LogP) is 5.69. The Labute approximate surface area is 267 Å². The van der Waals surface area contributed by atoms with E-state index in [1.165, 1.54) is 24.4 Å². The molecule has 0 aliphatic rings. The fourth-order valence-corrected chi connectivity index (χ4v) is 4.45. The van der Waals surface area contributed by atoms with E-state index in [2.05, 4.69) is 25.9 Å². The number of halogens is 1. The van der Waals surface area contributed by atoms with E-state index >= 15 is 0 Å². The fraction of sp³-hybridized carbons (Fsp3) is 0.294. The number of ether oxygens (including phenoxy) is 1. The van der Waals surface area contributed by atoms with Crippen molar-refractivity contribution in [1.29, 1.82) is 5.26 Å². The van der Waals surface area contributed by atoms with Gasteiger partial charge >= 0.3 is 6.09 Å². The van der Waals surface area contributed by atoms with E-state index in [1.54, 1.807) is 46.0 Å². The number of benzene rings is 2. The molecular formula is C34H37FN8O3. The van der Waals surface area contributed by atoms with E-state index < -0.39 is 23.6 Å². The first-order chi connectivity index (χ1) is 21.9. The molecule has 2 heterocycles. The fourth-order valence-electron chi connectivity index (χ4n) is 4.45. The summed E-state index contributed by atoms with van der Waals surface area (Å²) >= 11 is 0. The summed E-state index contributed by atoms with van der Waals surface area (Å²) in [6.07, 6.45) is 3.68. The van der Waals surface area contributed by atoms with Gasteiger partial charge in [0.1, 0.15) is 29.1 Å². The van der Waals surface area contributed by atoms with Crippen LogP contribution in [0.15, 0.2) is 67.0 Å². The van der Waals surface area contributed by atoms with E-state index in [4.69, 9.17) is 15.5 Å². The first-order valence-electron chi connectivity index (χ1n) is 14.8. The number of alkyl carbamates (subject to hydrolysis) is 1. The van der Waals surface area contributed by atoms with Crippen molar-refractivity contribution in [3.8, 4) is 17.3 Å². The number of nitriles is 1. The SMILES string of the molecule is C[C@H](NC(=O)c1cc(C#N)cnc1NCc1ccc(-c2cnc(N)c(CCCNC(=O)OC(C)(C)C)n2)cc1)c1ccc(F)cc1. The Morgan fingerprint density at radius 3 is 2.46 bits per heavy atom. The second kappa shape index (κ2) is 14.9. The molecule has 0 radical (unpaired) electrons. The molecule has 0 aliphatic heterocycles. The van der Waals surface area contributed by atoms with Crippen molar-refractivity contribution in [1.82, 2.24) is 25.6 Å². The first-order valence-corrected chi connectivity index (χ1v) is 14.8. The molecule has 2 aromatic carbocycles. The Kier molecular flexibility index (Phi) is 10.8. The van der Waals surface area contributed by atoms with Crippen LogP contribution in [0.2, 0.25) is 0 Å². The molecule has 46 heavy (non-hydrogen) atoms. The highest BCUT2D eigenvalue weighted by atomic mass is 19.1. The number of nitrogens with one attached hydrogen (secondary N) is 3. The van der Waals surface area contributed by atoms with E-state index in [1.807, 2.05) is 30.3 Å². The molecule has 2 amide bonds. The second-order valence-corrected chi connectivity index (χ2v) is 11.6. The summed E-state index contributed by atoms with van der Waals surface area (Å²) in [6, 6.07) is 16.7. The van der Waals surface area contributed by atoms with Crippen LogP contribution in [-0.2, 0) is 17.7 Å². The predicted molar refractivity (Wildman–Crippen MR) is 173 cm³/mol. The van der Waals surface area contributed by atoms with Crippen LogP contribution in [0.5, 0.6) is 0 Å². The van der Waals surface area contributed by atoms with Crippen LogP contribution >= 0.6 is 0 Å². The van der Waals surface area contributed by atoms with Crippen molar-refractivity contribution >= 4 is 23.6 Å². The van der Waals surface area contributed by atoms with Crippen molar-refractivity contribution < 1.29 is 18.7 Å². The number of aromatic nitrogens is 3. The normalized spacial score (nSPS) is 11.7. The van der Waals surface area contributed by atoms with Crippen LogP contribution in [0.3, 0.4) is 0 Å². The number of carbonyl (C=O) groups is 2. The molecule has 0 saturated carbocycles. The molecule has 0 fully saturated rings. The first kappa shape index (κ1) is 33.3. The van der Waals surface area contributed by atoms with Gasteiger partial charge in [0.2, 0.25) is 0 Å². The highest BCUT2D eigenvalue weighted by Gasteiger charge is 2.18. The summed E-state index contributed by atoms with van der Waals surface area (Å²) < 4.78 is 18.6. The maximum atomic E-state index is 13.3. The van der Waals surface area contributed by atoms with Gasteiger partial charge in [0.15, 0.2) is 0 Å². The van der Waals surface area contributed by atoms with Crippen LogP contribution in [0, 0.1) is 17.1 Å². The molecule has 0 aliphatic carbocycles. The van der Waals surface area contributed by atoms with Crippen LogP contribution < -0.4 is 21.7 Å². The number of anilines is 2. The number of aryl methyl sites for hydroxylation is 1. The van der Waals surface area contributed by atoms with Crippen molar-refractivity contribution in [2.75, 3.05) is 17.6 Å². The molecule has 1 atom stereocenters. The molecule has 4 rings (SSSR count). The lowest BCUT2D eigenvalue weighted by Crippen LogP contribution is -2.33. The van der Waals surface area contributed by atoms with Gasteiger partial charge in [0.05, 0.1) is 34.8 Å². The Bertz CT molecular complexity index is 1710. The lowest BCUT2D eigenvalue weighted by atomic mass is 10.1. The zero-order valence-corrected chi connectivity index (χ0v) is 26.2. The van der Waals surface area contributed by atoms with Gasteiger partial charge in [-0.25, -0.2) is 24.1 Å². The van der Waals surface area contributed by atoms with Crippen LogP contribution in [0.1, 0.15) is 72.9 Å². The molecule has 4 aromatic rings. The van der Waals surface area contributed by atoms with E-state index in [0.717, 1.165) is 16.7 Å². The molecule has 11 nitrogen and oxygen atoms in total. The number of hydrogen-bond acceptors (Lipinski definition) is 9. The Balaban J connectivity index is 1.38. The number of pyridine rings is 1. The molecule has 0 spiro atoms. The zero-order chi connectivity index (χ0) is 33.3. The van der Waals surface area contributed by atoms with Gasteiger partial charge in [-0.15, -0.1) is 0 Å². The minimum atomic E-state index is -0.564. The standard InChI is InChI=1S/C34H37FN8O3/c1-21(24-11-13-26(35)14-12-24)42-32(44)27-16-23(17-36)19-41-31(27)40-18-22-7-9-25(10-8-22)29-20-39-30(37)28(43-29)6-5-15-38-33(45)46-34(2,3)4/h7-14,16,19-21H,5-6,15,18H2,1-4H3,(H2,37,39)(H,38,45)(H,40,41)(H,42,44)/t21-/m0/s1. The maximum absolute atomic E-state index is 13.3. The summed E-state index contributed by atoms with van der Waals surface area (Å²) in [5.41, 5.74) is 9.76. The van der Waals surface area contributed by atoms with Gasteiger partial charge in [-0.2, -0.15) is 5.26 Å². The lowest BCUT2D eigenvalue weighted by Gasteiger charge is -2.19. The number of nitrogen functional groups attached to an aromatic ring is 1. The largest absolute Gasteiger partial charge is 0.444 e. The van der Waals surface area contributed by atoms with Crippen molar-refractivity contribution in [3.05, 3.63) is 101 Å². The van der Waals surface area contributed by atoms with Gasteiger partial charge < -0.3 is 26.4 Å². The number of carbonyl (C=O) groups excluding carboxylic acids is 2. The number of nitrogens with two attached hydrogens (primary N) is 1. The maximum Gasteiger partial charge on any atom is 0.407 e. The molecule has 5 N–H and O–H groups in total. The van der Waals surface area contributed by atoms with Gasteiger partial charge in [0.25, 0.3) is 5.91 Å². The summed E-state index contributed by atoms with van der Waals surface area (Å²) in [7, 11) is 0. The number of hydrogen-bond donors (Lipinski definition) is 4. The van der Waals surface area contributed by atoms with Crippen molar-refractivity contribution in [2.45, 2.75) is 58.7 Å². The third-order valence-electron chi connectivity index (χ3n) is 6.82. The molecule has 2 aromatic heterocycles. The summed E-state index contributed by atoms with van der Waals surface area (Å²) in [4.78, 5) is 38.4. The summed E-state index contributed by atoms with van der Waals surface area (Å²) in [5, 5.41) is 18.2. The molecule has 238 valence electrons. The highest BCUT2D eigenvalue weighted by molar-refractivity contribution is 5.99. The third-order valence-corrected chi connectivity index (χ3v) is 6.82. The van der Waals surface area contributed by atoms with Crippen molar-refractivity contribution in [3.63, 3.8) is 0 Å². The van der Waals surface area contributed by atoms with Crippen molar-refractivity contribution in [2.24, 2.45) is 0 Å². The number of rotatable bonds is 11. The average Bonchev–Trinajstić information content (AvgIpc) is 3.02. The smallest absolute Gasteiger partial charge is 0.407 e. The molecule has 12 heteroatoms. The Morgan fingerprint density at radius 2 is 1.78 bits per heavy atom. The highest BCUT2D eigenvalue weighted by Crippen LogP contribution is 2.22. The lowest BCUT2D eigenvalue weighted by molar-refractivity contribution is 0.0527. The second-order valence-electron chi connectivity index (χ2n) is 11.6. The Morgan fingerprint density at radius 1 is 1.07 bits per heavy atom. The number of nitrogens with zero attached hydrogens (tertiary/aromatic N) is 4. The summed E-state index contributed by atoms with van der Waals surface area (Å²) in [6.45, 7) is 7.98. The summed E-state index contributed by atoms with van der Waals surface area (Å²) in [5.74, 6) is -0.122. The van der Waals surface area contributed by atoms with E-state index in [9.17, 15) is 19.2 Å². The third kappa shape index (κ3) is 9.46. The average molecular weight is 625 g/mol. The van der Waals surface area contributed by atoms with Crippen LogP contribution in [0.4, 0.5) is 20.8 Å². The number of amides is 2. The molecule has 0 unspecified atom stereocenters. The Hall–Kier alpha value is -5.57. The van der Waals surface area contributed by atoms with Crippen LogP contribution in [0.25, 0.3) is 11.3 Å². The minimum absolute atomic E-state index is 0.218. The monoisotopic (exact) mass is 624 g/mol. The van der Waals surface area contributed by atoms with Gasteiger partial charge in [-0.3, -0.25) is 4.79 Å². The molecule has 0 bridgehead atoms. The zero-order valence-electron chi connectivity index (χ0n) is 26.2.